The fourth-order valence-corrected chi connectivity index (χ4v) is 2.29. The van der Waals surface area contributed by atoms with Gasteiger partial charge in [0, 0.05) is 16.8 Å². The molecule has 24 heavy (non-hydrogen) atoms. The molecule has 0 amide bonds. The number of hydrogen-bond acceptors (Lipinski definition) is 5. The van der Waals surface area contributed by atoms with Gasteiger partial charge in [0.05, 0.1) is 13.2 Å². The number of ether oxygens (including phenoxy) is 4. The third-order valence-corrected chi connectivity index (χ3v) is 3.10. The van der Waals surface area contributed by atoms with Crippen molar-refractivity contribution in [1.82, 2.24) is 0 Å². The lowest BCUT2D eigenvalue weighted by molar-refractivity contribution is 0.0203. The van der Waals surface area contributed by atoms with Gasteiger partial charge in [0.25, 0.3) is 0 Å². The monoisotopic (exact) mass is 332 g/mol. The van der Waals surface area contributed by atoms with Gasteiger partial charge in [-0.1, -0.05) is 24.3 Å². The molecule has 2 rings (SSSR count). The predicted octanol–water partition coefficient (Wildman–Crippen LogP) is 4.95. The topological polar surface area (TPSA) is 54.0 Å². The van der Waals surface area contributed by atoms with Crippen LogP contribution in [0.4, 0.5) is 4.79 Å². The summed E-state index contributed by atoms with van der Waals surface area (Å²) in [5, 5.41) is 1.58. The summed E-state index contributed by atoms with van der Waals surface area (Å²) < 4.78 is 22.1. The first-order valence-corrected chi connectivity index (χ1v) is 8.08. The van der Waals surface area contributed by atoms with Crippen LogP contribution in [0.25, 0.3) is 10.8 Å². The number of benzene rings is 2. The Hall–Kier alpha value is -2.43. The molecular weight excluding hydrogens is 308 g/mol. The highest BCUT2D eigenvalue weighted by Crippen LogP contribution is 2.42. The molecule has 5 heteroatoms. The standard InChI is InChI=1S/C19H24O5/c1-6-21-15-12-16(22-7-2)17(14-11-9-8-10-13(14)15)23-18(20)24-19(3,4)5/h8-12H,6-7H2,1-5H3. The van der Waals surface area contributed by atoms with Gasteiger partial charge in [-0.3, -0.25) is 0 Å². The van der Waals surface area contributed by atoms with Crippen molar-refractivity contribution in [1.29, 1.82) is 0 Å². The third kappa shape index (κ3) is 4.31. The molecule has 130 valence electrons. The van der Waals surface area contributed by atoms with Crippen molar-refractivity contribution in [2.24, 2.45) is 0 Å². The number of carbonyl (C=O) groups is 1. The first-order valence-electron chi connectivity index (χ1n) is 8.08. The first-order chi connectivity index (χ1) is 11.4. The van der Waals surface area contributed by atoms with Crippen molar-refractivity contribution in [3.8, 4) is 17.2 Å². The van der Waals surface area contributed by atoms with Crippen molar-refractivity contribution in [2.45, 2.75) is 40.2 Å². The van der Waals surface area contributed by atoms with Gasteiger partial charge >= 0.3 is 6.16 Å². The molecule has 0 radical (unpaired) electrons. The summed E-state index contributed by atoms with van der Waals surface area (Å²) in [6, 6.07) is 9.30. The molecule has 0 aliphatic carbocycles. The van der Waals surface area contributed by atoms with Crippen LogP contribution in [0.3, 0.4) is 0 Å². The fourth-order valence-electron chi connectivity index (χ4n) is 2.29. The Morgan fingerprint density at radius 1 is 0.958 bits per heavy atom. The second-order valence-corrected chi connectivity index (χ2v) is 6.18. The van der Waals surface area contributed by atoms with Crippen molar-refractivity contribution >= 4 is 16.9 Å². The summed E-state index contributed by atoms with van der Waals surface area (Å²) in [4.78, 5) is 12.1. The van der Waals surface area contributed by atoms with Crippen LogP contribution in [-0.2, 0) is 4.74 Å². The van der Waals surface area contributed by atoms with Gasteiger partial charge in [0.1, 0.15) is 11.4 Å². The van der Waals surface area contributed by atoms with E-state index in [-0.39, 0.29) is 0 Å². The lowest BCUT2D eigenvalue weighted by Gasteiger charge is -2.20. The third-order valence-electron chi connectivity index (χ3n) is 3.10. The molecule has 2 aromatic carbocycles. The van der Waals surface area contributed by atoms with Crippen LogP contribution in [0, 0.1) is 0 Å². The molecule has 5 nitrogen and oxygen atoms in total. The smallest absolute Gasteiger partial charge is 0.493 e. The maximum Gasteiger partial charge on any atom is 0.514 e. The average molecular weight is 332 g/mol. The van der Waals surface area contributed by atoms with E-state index in [1.165, 1.54) is 0 Å². The van der Waals surface area contributed by atoms with Gasteiger partial charge < -0.3 is 18.9 Å². The summed E-state index contributed by atoms with van der Waals surface area (Å²) in [5.41, 5.74) is -0.635. The van der Waals surface area contributed by atoms with Gasteiger partial charge in [0.15, 0.2) is 11.5 Å². The Morgan fingerprint density at radius 2 is 1.54 bits per heavy atom. The van der Waals surface area contributed by atoms with Crippen molar-refractivity contribution < 1.29 is 23.7 Å². The summed E-state index contributed by atoms with van der Waals surface area (Å²) in [6.45, 7) is 10.1. The largest absolute Gasteiger partial charge is 0.514 e. The van der Waals surface area contributed by atoms with Crippen molar-refractivity contribution in [2.75, 3.05) is 13.2 Å². The molecule has 0 saturated carbocycles. The lowest BCUT2D eigenvalue weighted by Crippen LogP contribution is -2.26. The maximum atomic E-state index is 12.1. The second-order valence-electron chi connectivity index (χ2n) is 6.18. The Morgan fingerprint density at radius 3 is 2.12 bits per heavy atom. The number of hydrogen-bond donors (Lipinski definition) is 0. The Labute approximate surface area is 142 Å². The van der Waals surface area contributed by atoms with Crippen LogP contribution in [0.15, 0.2) is 30.3 Å². The van der Waals surface area contributed by atoms with Crippen LogP contribution in [0.5, 0.6) is 17.2 Å². The molecule has 0 bridgehead atoms. The Balaban J connectivity index is 2.52. The van der Waals surface area contributed by atoms with E-state index in [0.717, 1.165) is 10.8 Å². The molecule has 0 aromatic heterocycles. The summed E-state index contributed by atoms with van der Waals surface area (Å²) >= 11 is 0. The number of fused-ring (bicyclic) bond motifs is 1. The van der Waals surface area contributed by atoms with E-state index >= 15 is 0 Å². The lowest BCUT2D eigenvalue weighted by atomic mass is 10.1. The molecule has 0 aliphatic rings. The minimum Gasteiger partial charge on any atom is -0.493 e. The van der Waals surface area contributed by atoms with Gasteiger partial charge in [-0.2, -0.15) is 0 Å². The number of carbonyl (C=O) groups excluding carboxylic acids is 1. The molecule has 0 fully saturated rings. The van der Waals surface area contributed by atoms with Crippen molar-refractivity contribution in [3.63, 3.8) is 0 Å². The summed E-state index contributed by atoms with van der Waals surface area (Å²) in [5.74, 6) is 1.48. The molecule has 0 unspecified atom stereocenters. The Bertz CT molecular complexity index is 716. The highest BCUT2D eigenvalue weighted by Gasteiger charge is 2.22. The van der Waals surface area contributed by atoms with Gasteiger partial charge in [0.2, 0.25) is 0 Å². The summed E-state index contributed by atoms with van der Waals surface area (Å²) in [6.07, 6.45) is -0.766. The van der Waals surface area contributed by atoms with E-state index in [0.29, 0.717) is 30.5 Å². The van der Waals surface area contributed by atoms with E-state index in [1.807, 2.05) is 38.1 Å². The molecular formula is C19H24O5. The zero-order chi connectivity index (χ0) is 17.7. The van der Waals surface area contributed by atoms with Gasteiger partial charge in [-0.15, -0.1) is 0 Å². The van der Waals surface area contributed by atoms with E-state index in [9.17, 15) is 4.79 Å². The molecule has 0 N–H and O–H groups in total. The van der Waals surface area contributed by atoms with Gasteiger partial charge in [-0.25, -0.2) is 4.79 Å². The van der Waals surface area contributed by atoms with Crippen LogP contribution in [0.2, 0.25) is 0 Å². The maximum absolute atomic E-state index is 12.1. The quantitative estimate of drug-likeness (QED) is 0.573. The van der Waals surface area contributed by atoms with E-state index < -0.39 is 11.8 Å². The van der Waals surface area contributed by atoms with Crippen LogP contribution < -0.4 is 14.2 Å². The van der Waals surface area contributed by atoms with E-state index in [2.05, 4.69) is 0 Å². The predicted molar refractivity (Wildman–Crippen MR) is 93.1 cm³/mol. The average Bonchev–Trinajstić information content (AvgIpc) is 2.49. The van der Waals surface area contributed by atoms with Gasteiger partial charge in [-0.05, 0) is 34.6 Å². The number of rotatable bonds is 5. The normalized spacial score (nSPS) is 11.2. The first kappa shape index (κ1) is 17.9. The molecule has 0 saturated heterocycles. The SMILES string of the molecule is CCOc1cc(OCC)c2ccccc2c1OC(=O)OC(C)(C)C. The minimum atomic E-state index is -0.766. The second kappa shape index (κ2) is 7.43. The highest BCUT2D eigenvalue weighted by atomic mass is 16.7. The van der Waals surface area contributed by atoms with Crippen LogP contribution >= 0.6 is 0 Å². The molecule has 0 atom stereocenters. The Kier molecular flexibility index (Phi) is 5.54. The highest BCUT2D eigenvalue weighted by molar-refractivity contribution is 5.96. The minimum absolute atomic E-state index is 0.338. The summed E-state index contributed by atoms with van der Waals surface area (Å²) in [7, 11) is 0. The van der Waals surface area contributed by atoms with Crippen LogP contribution in [-0.4, -0.2) is 25.0 Å². The van der Waals surface area contributed by atoms with Crippen LogP contribution in [0.1, 0.15) is 34.6 Å². The fraction of sp³-hybridized carbons (Fsp3) is 0.421. The van der Waals surface area contributed by atoms with Crippen molar-refractivity contribution in [3.05, 3.63) is 30.3 Å². The molecule has 2 aromatic rings. The molecule has 0 heterocycles. The zero-order valence-electron chi connectivity index (χ0n) is 14.8. The molecule has 0 spiro atoms. The van der Waals surface area contributed by atoms with E-state index in [4.69, 9.17) is 18.9 Å². The molecule has 0 aliphatic heterocycles. The van der Waals surface area contributed by atoms with E-state index in [1.54, 1.807) is 26.8 Å². The zero-order valence-corrected chi connectivity index (χ0v) is 14.8.